The highest BCUT2D eigenvalue weighted by molar-refractivity contribution is 5.78. The molecule has 0 amide bonds. The summed E-state index contributed by atoms with van der Waals surface area (Å²) in [6.45, 7) is 7.47. The number of aliphatic hydroxyl groups excluding tert-OH is 1. The average Bonchev–Trinajstić information content (AvgIpc) is 3.43. The molecule has 2 aromatic rings. The maximum atomic E-state index is 10.9. The molecule has 5 rings (SSSR count). The lowest BCUT2D eigenvalue weighted by Crippen LogP contribution is -2.37. The van der Waals surface area contributed by atoms with Crippen molar-refractivity contribution in [2.75, 3.05) is 42.2 Å². The number of rotatable bonds is 8. The average molecular weight is 453 g/mol. The molecule has 0 radical (unpaired) electrons. The second-order valence-corrected chi connectivity index (χ2v) is 9.86. The maximum absolute atomic E-state index is 10.9. The van der Waals surface area contributed by atoms with Gasteiger partial charge in [0, 0.05) is 25.0 Å². The van der Waals surface area contributed by atoms with Crippen molar-refractivity contribution in [3.63, 3.8) is 0 Å². The molecule has 1 atom stereocenters. The van der Waals surface area contributed by atoms with E-state index in [4.69, 9.17) is 15.5 Å². The maximum Gasteiger partial charge on any atom is 0.320 e. The van der Waals surface area contributed by atoms with E-state index in [0.717, 1.165) is 38.8 Å². The minimum Gasteiger partial charge on any atom is -0.463 e. The van der Waals surface area contributed by atoms with Crippen LogP contribution < -0.4 is 20.7 Å². The van der Waals surface area contributed by atoms with E-state index < -0.39 is 6.23 Å². The Bertz CT molecular complexity index is 973. The fourth-order valence-corrected chi connectivity index (χ4v) is 4.98. The quantitative estimate of drug-likeness (QED) is 0.524. The number of nitrogens with one attached hydrogen (secondary N) is 1. The molecule has 1 aromatic heterocycles. The predicted molar refractivity (Wildman–Crippen MR) is 130 cm³/mol. The molecule has 2 fully saturated rings. The predicted octanol–water partition coefficient (Wildman–Crippen LogP) is 3.36. The number of unbranched alkanes of at least 4 members (excludes halogenated alkanes) is 1. The summed E-state index contributed by atoms with van der Waals surface area (Å²) in [5.74, 6) is 1.03. The van der Waals surface area contributed by atoms with Crippen molar-refractivity contribution in [2.45, 2.75) is 64.8 Å². The SMILES string of the molecule is CCCCOc1nc(N)c2c(n1)N(Cc1cccc(CN3CCCC3)c1)CC1(CC1)C(O)N2. The van der Waals surface area contributed by atoms with Crippen LogP contribution in [-0.2, 0) is 13.1 Å². The Labute approximate surface area is 196 Å². The van der Waals surface area contributed by atoms with Crippen molar-refractivity contribution in [1.29, 1.82) is 0 Å². The first-order valence-electron chi connectivity index (χ1n) is 12.4. The zero-order valence-electron chi connectivity index (χ0n) is 19.6. The van der Waals surface area contributed by atoms with Crippen molar-refractivity contribution in [2.24, 2.45) is 5.41 Å². The normalized spacial score (nSPS) is 21.5. The zero-order valence-corrected chi connectivity index (χ0v) is 19.6. The lowest BCUT2D eigenvalue weighted by Gasteiger charge is -2.27. The van der Waals surface area contributed by atoms with E-state index in [9.17, 15) is 5.11 Å². The highest BCUT2D eigenvalue weighted by atomic mass is 16.5. The molecule has 8 heteroatoms. The highest BCUT2D eigenvalue weighted by Crippen LogP contribution is 2.53. The molecule has 2 aliphatic heterocycles. The molecule has 178 valence electrons. The van der Waals surface area contributed by atoms with Gasteiger partial charge in [0.2, 0.25) is 0 Å². The number of hydrogen-bond acceptors (Lipinski definition) is 8. The Morgan fingerprint density at radius 1 is 1.18 bits per heavy atom. The fraction of sp³-hybridized carbons (Fsp3) is 0.600. The molecule has 1 aromatic carbocycles. The highest BCUT2D eigenvalue weighted by Gasteiger charge is 2.52. The second-order valence-electron chi connectivity index (χ2n) is 9.86. The van der Waals surface area contributed by atoms with Crippen LogP contribution >= 0.6 is 0 Å². The van der Waals surface area contributed by atoms with E-state index >= 15 is 0 Å². The molecule has 1 unspecified atom stereocenters. The number of anilines is 3. The van der Waals surface area contributed by atoms with Gasteiger partial charge in [0.1, 0.15) is 11.9 Å². The molecule has 3 aliphatic rings. The minimum atomic E-state index is -0.666. The van der Waals surface area contributed by atoms with Gasteiger partial charge in [-0.25, -0.2) is 0 Å². The van der Waals surface area contributed by atoms with Crippen LogP contribution in [0.3, 0.4) is 0 Å². The first-order chi connectivity index (χ1) is 16.1. The van der Waals surface area contributed by atoms with Gasteiger partial charge >= 0.3 is 6.01 Å². The Balaban J connectivity index is 1.42. The molecule has 1 spiro atoms. The largest absolute Gasteiger partial charge is 0.463 e. The molecular weight excluding hydrogens is 416 g/mol. The Hall–Kier alpha value is -2.58. The molecule has 8 nitrogen and oxygen atoms in total. The smallest absolute Gasteiger partial charge is 0.320 e. The third-order valence-corrected chi connectivity index (χ3v) is 7.15. The van der Waals surface area contributed by atoms with E-state index in [2.05, 4.69) is 51.3 Å². The number of nitrogens with two attached hydrogens (primary N) is 1. The number of fused-ring (bicyclic) bond motifs is 1. The van der Waals surface area contributed by atoms with Crippen molar-refractivity contribution in [1.82, 2.24) is 14.9 Å². The van der Waals surface area contributed by atoms with Gasteiger partial charge < -0.3 is 25.8 Å². The Morgan fingerprint density at radius 3 is 2.67 bits per heavy atom. The van der Waals surface area contributed by atoms with Crippen molar-refractivity contribution >= 4 is 17.3 Å². The third-order valence-electron chi connectivity index (χ3n) is 7.15. The van der Waals surface area contributed by atoms with Crippen LogP contribution in [0.2, 0.25) is 0 Å². The van der Waals surface area contributed by atoms with E-state index in [1.807, 2.05) is 0 Å². The standard InChI is InChI=1S/C25H36N6O2/c1-2-3-13-33-24-28-21(26)20-22(29-24)31(17-25(9-10-25)23(32)27-20)16-19-8-6-7-18(14-19)15-30-11-4-5-12-30/h6-8,14,23,27,32H,2-5,9-13,15-17H2,1H3,(H2,26,28,29). The van der Waals surface area contributed by atoms with E-state index in [1.165, 1.54) is 37.1 Å². The minimum absolute atomic E-state index is 0.177. The van der Waals surface area contributed by atoms with Crippen LogP contribution in [-0.4, -0.2) is 52.4 Å². The van der Waals surface area contributed by atoms with Crippen LogP contribution in [0.4, 0.5) is 17.3 Å². The van der Waals surface area contributed by atoms with Crippen LogP contribution in [0.1, 0.15) is 56.6 Å². The summed E-state index contributed by atoms with van der Waals surface area (Å²) in [7, 11) is 0. The fourth-order valence-electron chi connectivity index (χ4n) is 4.98. The number of likely N-dealkylation sites (tertiary alicyclic amines) is 1. The van der Waals surface area contributed by atoms with Crippen LogP contribution in [0.15, 0.2) is 24.3 Å². The third kappa shape index (κ3) is 4.87. The van der Waals surface area contributed by atoms with Crippen LogP contribution in [0.5, 0.6) is 6.01 Å². The van der Waals surface area contributed by atoms with Crippen molar-refractivity contribution < 1.29 is 9.84 Å². The van der Waals surface area contributed by atoms with Crippen molar-refractivity contribution in [3.8, 4) is 6.01 Å². The number of ether oxygens (including phenoxy) is 1. The Kier molecular flexibility index (Phi) is 6.29. The van der Waals surface area contributed by atoms with Gasteiger partial charge in [0.25, 0.3) is 0 Å². The van der Waals surface area contributed by atoms with E-state index in [1.54, 1.807) is 0 Å². The molecule has 33 heavy (non-hydrogen) atoms. The van der Waals surface area contributed by atoms with Gasteiger partial charge in [-0.3, -0.25) is 4.90 Å². The van der Waals surface area contributed by atoms with Gasteiger partial charge in [0.15, 0.2) is 11.6 Å². The van der Waals surface area contributed by atoms with Gasteiger partial charge in [-0.15, -0.1) is 0 Å². The molecule has 1 saturated heterocycles. The molecule has 1 saturated carbocycles. The number of nitrogen functional groups attached to an aromatic ring is 1. The Morgan fingerprint density at radius 2 is 1.94 bits per heavy atom. The van der Waals surface area contributed by atoms with E-state index in [-0.39, 0.29) is 5.41 Å². The number of aromatic nitrogens is 2. The summed E-state index contributed by atoms with van der Waals surface area (Å²) in [5, 5.41) is 14.1. The summed E-state index contributed by atoms with van der Waals surface area (Å²) in [6, 6.07) is 9.13. The first kappa shape index (κ1) is 22.2. The molecule has 3 heterocycles. The summed E-state index contributed by atoms with van der Waals surface area (Å²) < 4.78 is 5.80. The topological polar surface area (TPSA) is 99.8 Å². The van der Waals surface area contributed by atoms with Crippen LogP contribution in [0, 0.1) is 5.41 Å². The van der Waals surface area contributed by atoms with Gasteiger partial charge in [0.05, 0.1) is 6.61 Å². The molecule has 1 aliphatic carbocycles. The van der Waals surface area contributed by atoms with Crippen molar-refractivity contribution in [3.05, 3.63) is 35.4 Å². The number of benzene rings is 1. The van der Waals surface area contributed by atoms with Gasteiger partial charge in [-0.2, -0.15) is 9.97 Å². The van der Waals surface area contributed by atoms with E-state index in [0.29, 0.717) is 36.5 Å². The first-order valence-corrected chi connectivity index (χ1v) is 12.4. The summed E-state index contributed by atoms with van der Waals surface area (Å²) in [4.78, 5) is 13.9. The number of hydrogen-bond donors (Lipinski definition) is 3. The zero-order chi connectivity index (χ0) is 22.8. The van der Waals surface area contributed by atoms with Gasteiger partial charge in [-0.05, 0) is 56.3 Å². The summed E-state index contributed by atoms with van der Waals surface area (Å²) >= 11 is 0. The molecule has 4 N–H and O–H groups in total. The summed E-state index contributed by atoms with van der Waals surface area (Å²) in [5.41, 5.74) is 9.32. The lowest BCUT2D eigenvalue weighted by atomic mass is 10.0. The number of aliphatic hydroxyl groups is 1. The van der Waals surface area contributed by atoms with Gasteiger partial charge in [-0.1, -0.05) is 37.6 Å². The molecule has 0 bridgehead atoms. The number of nitrogens with zero attached hydrogens (tertiary/aromatic N) is 4. The lowest BCUT2D eigenvalue weighted by molar-refractivity contribution is 0.124. The van der Waals surface area contributed by atoms with Crippen LogP contribution in [0.25, 0.3) is 0 Å². The second kappa shape index (κ2) is 9.35. The summed E-state index contributed by atoms with van der Waals surface area (Å²) in [6.07, 6.45) is 5.86. The monoisotopic (exact) mass is 452 g/mol. The molecular formula is C25H36N6O2.